The minimum atomic E-state index is -0.619. The molecule has 0 bridgehead atoms. The molecule has 0 fully saturated rings. The summed E-state index contributed by atoms with van der Waals surface area (Å²) in [6.07, 6.45) is 11.6. The van der Waals surface area contributed by atoms with Gasteiger partial charge in [-0.3, -0.25) is 0 Å². The average molecular weight is 482 g/mol. The van der Waals surface area contributed by atoms with E-state index >= 15 is 0 Å². The van der Waals surface area contributed by atoms with Crippen LogP contribution < -0.4 is 0 Å². The number of carbonyl (C=O) groups is 2. The van der Waals surface area contributed by atoms with E-state index in [-0.39, 0.29) is 18.0 Å². The Morgan fingerprint density at radius 2 is 1.38 bits per heavy atom. The molecule has 2 atom stereocenters. The Kier molecular flexibility index (Phi) is 16.3. The maximum Gasteiger partial charge on any atom is 0.361 e. The van der Waals surface area contributed by atoms with Crippen LogP contribution in [0.2, 0.25) is 0 Å². The van der Waals surface area contributed by atoms with E-state index in [1.807, 2.05) is 0 Å². The molecule has 1 N–H and O–H groups in total. The van der Waals surface area contributed by atoms with Crippen LogP contribution in [0.3, 0.4) is 0 Å². The van der Waals surface area contributed by atoms with Crippen LogP contribution in [-0.2, 0) is 16.0 Å². The summed E-state index contributed by atoms with van der Waals surface area (Å²) >= 11 is 0. The Morgan fingerprint density at radius 1 is 0.824 bits per heavy atom. The molecule has 1 aromatic rings. The smallest absolute Gasteiger partial charge is 0.361 e. The predicted molar refractivity (Wildman–Crippen MR) is 133 cm³/mol. The Labute approximate surface area is 205 Å². The zero-order valence-corrected chi connectivity index (χ0v) is 21.9. The fourth-order valence-corrected chi connectivity index (χ4v) is 3.86. The number of unbranched alkanes of at least 4 members (excludes halogenated alkanes) is 5. The monoisotopic (exact) mass is 481 g/mol. The molecule has 34 heavy (non-hydrogen) atoms. The summed E-state index contributed by atoms with van der Waals surface area (Å²) in [7, 11) is 0. The number of aliphatic hydroxyl groups is 1. The first kappa shape index (κ1) is 30.1. The standard InChI is InChI=1S/C26H47N3O5/c1-5-9-15-21(7-3)19-33-25(31)23-24(26(32)34-20-22(8-4)16-10-6-2)29(28-27-23)17-13-11-12-14-18-30/h21-22,30H,5-20H2,1-4H3. The van der Waals surface area contributed by atoms with Crippen molar-refractivity contribution >= 4 is 11.9 Å². The number of rotatable bonds is 20. The highest BCUT2D eigenvalue weighted by Crippen LogP contribution is 2.18. The van der Waals surface area contributed by atoms with Gasteiger partial charge in [0.2, 0.25) is 5.69 Å². The van der Waals surface area contributed by atoms with Gasteiger partial charge in [0, 0.05) is 13.2 Å². The average Bonchev–Trinajstić information content (AvgIpc) is 3.28. The third kappa shape index (κ3) is 11.0. The fourth-order valence-electron chi connectivity index (χ4n) is 3.86. The molecular formula is C26H47N3O5. The number of esters is 2. The van der Waals surface area contributed by atoms with Gasteiger partial charge in [0.1, 0.15) is 0 Å². The molecule has 0 amide bonds. The van der Waals surface area contributed by atoms with Crippen molar-refractivity contribution in [2.24, 2.45) is 11.8 Å². The number of carbonyl (C=O) groups excluding carboxylic acids is 2. The van der Waals surface area contributed by atoms with Crippen LogP contribution in [0.25, 0.3) is 0 Å². The van der Waals surface area contributed by atoms with Gasteiger partial charge in [-0.05, 0) is 37.5 Å². The lowest BCUT2D eigenvalue weighted by molar-refractivity contribution is 0.0369. The SMILES string of the molecule is CCCCC(CC)COC(=O)c1nnn(CCCCCCO)c1C(=O)OCC(CC)CCCC. The number of aliphatic hydroxyl groups excluding tert-OH is 1. The Morgan fingerprint density at radius 3 is 1.91 bits per heavy atom. The van der Waals surface area contributed by atoms with Crippen LogP contribution in [0.1, 0.15) is 126 Å². The van der Waals surface area contributed by atoms with Gasteiger partial charge in [-0.1, -0.05) is 84.3 Å². The number of nitrogens with zero attached hydrogens (tertiary/aromatic N) is 3. The van der Waals surface area contributed by atoms with Crippen LogP contribution in [0.5, 0.6) is 0 Å². The molecule has 2 unspecified atom stereocenters. The summed E-state index contributed by atoms with van der Waals surface area (Å²) in [6.45, 7) is 9.73. The molecule has 196 valence electrons. The molecule has 8 nitrogen and oxygen atoms in total. The van der Waals surface area contributed by atoms with Gasteiger partial charge in [-0.25, -0.2) is 14.3 Å². The first-order valence-corrected chi connectivity index (χ1v) is 13.4. The van der Waals surface area contributed by atoms with Crippen LogP contribution in [-0.4, -0.2) is 51.9 Å². The van der Waals surface area contributed by atoms with E-state index in [1.165, 1.54) is 4.68 Å². The van der Waals surface area contributed by atoms with Gasteiger partial charge in [0.15, 0.2) is 5.69 Å². The summed E-state index contributed by atoms with van der Waals surface area (Å²) < 4.78 is 12.7. The topological polar surface area (TPSA) is 104 Å². The summed E-state index contributed by atoms with van der Waals surface area (Å²) in [6, 6.07) is 0. The quantitative estimate of drug-likeness (QED) is 0.192. The molecule has 0 aliphatic heterocycles. The van der Waals surface area contributed by atoms with E-state index in [0.29, 0.717) is 31.6 Å². The van der Waals surface area contributed by atoms with Crippen molar-refractivity contribution in [2.75, 3.05) is 19.8 Å². The molecule has 1 rings (SSSR count). The molecule has 1 aromatic heterocycles. The number of hydrogen-bond acceptors (Lipinski definition) is 7. The van der Waals surface area contributed by atoms with E-state index in [1.54, 1.807) is 0 Å². The van der Waals surface area contributed by atoms with Gasteiger partial charge in [-0.2, -0.15) is 0 Å². The third-order valence-electron chi connectivity index (χ3n) is 6.39. The Hall–Kier alpha value is -1.96. The van der Waals surface area contributed by atoms with E-state index in [4.69, 9.17) is 14.6 Å². The van der Waals surface area contributed by atoms with Gasteiger partial charge in [0.25, 0.3) is 0 Å². The van der Waals surface area contributed by atoms with Crippen LogP contribution in [0, 0.1) is 11.8 Å². The van der Waals surface area contributed by atoms with Gasteiger partial charge < -0.3 is 14.6 Å². The normalized spacial score (nSPS) is 13.0. The van der Waals surface area contributed by atoms with E-state index in [2.05, 4.69) is 38.0 Å². The number of ether oxygens (including phenoxy) is 2. The molecule has 0 aromatic carbocycles. The molecule has 1 heterocycles. The maximum atomic E-state index is 13.1. The van der Waals surface area contributed by atoms with Gasteiger partial charge in [-0.15, -0.1) is 5.10 Å². The maximum absolute atomic E-state index is 13.1. The van der Waals surface area contributed by atoms with Crippen LogP contribution in [0.4, 0.5) is 0 Å². The lowest BCUT2D eigenvalue weighted by Gasteiger charge is -2.16. The van der Waals surface area contributed by atoms with Crippen molar-refractivity contribution in [2.45, 2.75) is 111 Å². The number of aryl methyl sites for hydroxylation is 1. The van der Waals surface area contributed by atoms with Crippen molar-refractivity contribution in [1.82, 2.24) is 15.0 Å². The molecule has 0 aliphatic carbocycles. The second kappa shape index (κ2) is 18.4. The lowest BCUT2D eigenvalue weighted by Crippen LogP contribution is -2.22. The fraction of sp³-hybridized carbons (Fsp3) is 0.846. The highest BCUT2D eigenvalue weighted by Gasteiger charge is 2.28. The largest absolute Gasteiger partial charge is 0.461 e. The number of hydrogen-bond donors (Lipinski definition) is 1. The zero-order valence-electron chi connectivity index (χ0n) is 21.9. The molecule has 0 spiro atoms. The first-order chi connectivity index (χ1) is 16.5. The van der Waals surface area contributed by atoms with Crippen LogP contribution >= 0.6 is 0 Å². The van der Waals surface area contributed by atoms with Crippen molar-refractivity contribution in [3.05, 3.63) is 11.4 Å². The first-order valence-electron chi connectivity index (χ1n) is 13.4. The molecule has 0 aliphatic rings. The Bertz CT molecular complexity index is 692. The second-order valence-electron chi connectivity index (χ2n) is 9.18. The summed E-state index contributed by atoms with van der Waals surface area (Å²) in [4.78, 5) is 25.9. The van der Waals surface area contributed by atoms with Crippen molar-refractivity contribution in [3.63, 3.8) is 0 Å². The van der Waals surface area contributed by atoms with E-state index < -0.39 is 11.9 Å². The summed E-state index contributed by atoms with van der Waals surface area (Å²) in [5.41, 5.74) is 0.0198. The van der Waals surface area contributed by atoms with Crippen molar-refractivity contribution < 1.29 is 24.2 Å². The van der Waals surface area contributed by atoms with E-state index in [9.17, 15) is 9.59 Å². The number of aromatic nitrogens is 3. The zero-order chi connectivity index (χ0) is 25.2. The predicted octanol–water partition coefficient (Wildman–Crippen LogP) is 5.58. The van der Waals surface area contributed by atoms with E-state index in [0.717, 1.165) is 77.0 Å². The van der Waals surface area contributed by atoms with Crippen LogP contribution in [0.15, 0.2) is 0 Å². The molecule has 0 saturated carbocycles. The van der Waals surface area contributed by atoms with Gasteiger partial charge >= 0.3 is 11.9 Å². The summed E-state index contributed by atoms with van der Waals surface area (Å²) in [5.74, 6) is -0.595. The molecule has 0 saturated heterocycles. The highest BCUT2D eigenvalue weighted by molar-refractivity contribution is 6.00. The minimum absolute atomic E-state index is 0.0627. The molecule has 0 radical (unpaired) electrons. The minimum Gasteiger partial charge on any atom is -0.461 e. The third-order valence-corrected chi connectivity index (χ3v) is 6.39. The van der Waals surface area contributed by atoms with Crippen molar-refractivity contribution in [1.29, 1.82) is 0 Å². The molecule has 8 heteroatoms. The van der Waals surface area contributed by atoms with Gasteiger partial charge in [0.05, 0.1) is 13.2 Å². The summed E-state index contributed by atoms with van der Waals surface area (Å²) in [5, 5.41) is 17.1. The molecular weight excluding hydrogens is 434 g/mol. The Balaban J connectivity index is 2.91. The lowest BCUT2D eigenvalue weighted by atomic mass is 10.0. The second-order valence-corrected chi connectivity index (χ2v) is 9.18. The van der Waals surface area contributed by atoms with Crippen molar-refractivity contribution in [3.8, 4) is 0 Å². The highest BCUT2D eigenvalue weighted by atomic mass is 16.5.